The second-order valence-corrected chi connectivity index (χ2v) is 15.5. The number of esters is 1. The predicted molar refractivity (Wildman–Crippen MR) is 232 cm³/mol. The summed E-state index contributed by atoms with van der Waals surface area (Å²) in [6.07, 6.45) is 48.9. The average molecular weight is 758 g/mol. The minimum atomic E-state index is -0.792. The van der Waals surface area contributed by atoms with Crippen molar-refractivity contribution in [3.8, 4) is 0 Å². The SMILES string of the molecule is CCCCC/C=C\C/C=C\C/C=C\C/C=C\CCCC(=O)OC(CCCCCCCCCC)CC(=O)NC(CO)C(O)CCCCCCCCCCCC. The summed E-state index contributed by atoms with van der Waals surface area (Å²) in [5, 5.41) is 23.5. The molecule has 0 aliphatic rings. The molecule has 0 saturated carbocycles. The molecule has 314 valence electrons. The van der Waals surface area contributed by atoms with Gasteiger partial charge in [0.1, 0.15) is 6.10 Å². The second-order valence-electron chi connectivity index (χ2n) is 15.5. The lowest BCUT2D eigenvalue weighted by atomic mass is 10.0. The van der Waals surface area contributed by atoms with Gasteiger partial charge < -0.3 is 20.3 Å². The normalized spacial score (nSPS) is 13.8. The molecule has 54 heavy (non-hydrogen) atoms. The van der Waals surface area contributed by atoms with E-state index in [4.69, 9.17) is 4.74 Å². The highest BCUT2D eigenvalue weighted by atomic mass is 16.5. The van der Waals surface area contributed by atoms with Crippen LogP contribution in [0, 0.1) is 0 Å². The Morgan fingerprint density at radius 1 is 0.537 bits per heavy atom. The van der Waals surface area contributed by atoms with Gasteiger partial charge in [0.05, 0.1) is 25.2 Å². The number of carbonyl (C=O) groups is 2. The van der Waals surface area contributed by atoms with Gasteiger partial charge in [-0.3, -0.25) is 9.59 Å². The van der Waals surface area contributed by atoms with Crippen LogP contribution in [-0.2, 0) is 14.3 Å². The Morgan fingerprint density at radius 2 is 0.944 bits per heavy atom. The fourth-order valence-corrected chi connectivity index (χ4v) is 6.66. The molecule has 3 N–H and O–H groups in total. The van der Waals surface area contributed by atoms with Crippen LogP contribution in [0.2, 0.25) is 0 Å². The highest BCUT2D eigenvalue weighted by Gasteiger charge is 2.24. The third-order valence-corrected chi connectivity index (χ3v) is 10.2. The summed E-state index contributed by atoms with van der Waals surface area (Å²) in [7, 11) is 0. The van der Waals surface area contributed by atoms with E-state index in [9.17, 15) is 19.8 Å². The zero-order valence-electron chi connectivity index (χ0n) is 35.6. The largest absolute Gasteiger partial charge is 0.462 e. The molecular weight excluding hydrogens is 671 g/mol. The third kappa shape index (κ3) is 36.8. The predicted octanol–water partition coefficient (Wildman–Crippen LogP) is 13.1. The maximum atomic E-state index is 13.1. The Morgan fingerprint density at radius 3 is 1.43 bits per heavy atom. The van der Waals surface area contributed by atoms with Crippen molar-refractivity contribution in [2.24, 2.45) is 0 Å². The van der Waals surface area contributed by atoms with Gasteiger partial charge in [-0.2, -0.15) is 0 Å². The van der Waals surface area contributed by atoms with Gasteiger partial charge in [0.2, 0.25) is 5.91 Å². The van der Waals surface area contributed by atoms with Crippen LogP contribution in [-0.4, -0.2) is 46.9 Å². The molecule has 1 amide bonds. The number of nitrogens with one attached hydrogen (secondary N) is 1. The highest BCUT2D eigenvalue weighted by Crippen LogP contribution is 2.17. The molecule has 0 bridgehead atoms. The quantitative estimate of drug-likeness (QED) is 0.0329. The number of hydrogen-bond donors (Lipinski definition) is 3. The Hall–Kier alpha value is -2.18. The van der Waals surface area contributed by atoms with Crippen molar-refractivity contribution >= 4 is 11.9 Å². The number of unbranched alkanes of at least 4 members (excludes halogenated alkanes) is 20. The molecule has 3 atom stereocenters. The van der Waals surface area contributed by atoms with Crippen LogP contribution in [0.25, 0.3) is 0 Å². The van der Waals surface area contributed by atoms with E-state index in [1.165, 1.54) is 103 Å². The molecule has 0 fully saturated rings. The molecular formula is C48H87NO5. The number of amides is 1. The van der Waals surface area contributed by atoms with Crippen LogP contribution in [0.4, 0.5) is 0 Å². The van der Waals surface area contributed by atoms with Crippen molar-refractivity contribution in [3.63, 3.8) is 0 Å². The van der Waals surface area contributed by atoms with Gasteiger partial charge in [-0.25, -0.2) is 0 Å². The first-order chi connectivity index (χ1) is 26.5. The van der Waals surface area contributed by atoms with Crippen molar-refractivity contribution in [1.29, 1.82) is 0 Å². The van der Waals surface area contributed by atoms with Crippen LogP contribution in [0.15, 0.2) is 48.6 Å². The molecule has 0 aliphatic carbocycles. The van der Waals surface area contributed by atoms with Gasteiger partial charge in [0.25, 0.3) is 0 Å². The van der Waals surface area contributed by atoms with E-state index in [1.54, 1.807) is 0 Å². The monoisotopic (exact) mass is 758 g/mol. The van der Waals surface area contributed by atoms with E-state index in [2.05, 4.69) is 74.7 Å². The Bertz CT molecular complexity index is 941. The Kier molecular flexibility index (Phi) is 40.3. The molecule has 6 heteroatoms. The molecule has 0 aromatic heterocycles. The smallest absolute Gasteiger partial charge is 0.306 e. The minimum Gasteiger partial charge on any atom is -0.462 e. The summed E-state index contributed by atoms with van der Waals surface area (Å²) in [5.74, 6) is -0.544. The van der Waals surface area contributed by atoms with Crippen molar-refractivity contribution in [2.75, 3.05) is 6.61 Å². The Labute approximate surface area is 334 Å². The van der Waals surface area contributed by atoms with Crippen molar-refractivity contribution in [3.05, 3.63) is 48.6 Å². The molecule has 0 radical (unpaired) electrons. The van der Waals surface area contributed by atoms with Gasteiger partial charge >= 0.3 is 5.97 Å². The van der Waals surface area contributed by atoms with Crippen LogP contribution in [0.3, 0.4) is 0 Å². The summed E-state index contributed by atoms with van der Waals surface area (Å²) in [4.78, 5) is 25.9. The topological polar surface area (TPSA) is 95.9 Å². The van der Waals surface area contributed by atoms with Crippen LogP contribution >= 0.6 is 0 Å². The number of rotatable bonds is 40. The van der Waals surface area contributed by atoms with E-state index in [-0.39, 0.29) is 24.9 Å². The zero-order chi connectivity index (χ0) is 39.6. The summed E-state index contributed by atoms with van der Waals surface area (Å²) < 4.78 is 5.85. The highest BCUT2D eigenvalue weighted by molar-refractivity contribution is 5.77. The van der Waals surface area contributed by atoms with Crippen molar-refractivity contribution in [2.45, 2.75) is 238 Å². The third-order valence-electron chi connectivity index (χ3n) is 10.2. The molecule has 0 saturated heterocycles. The summed E-state index contributed by atoms with van der Waals surface area (Å²) in [6, 6.07) is -0.707. The van der Waals surface area contributed by atoms with Gasteiger partial charge in [-0.05, 0) is 64.2 Å². The maximum absolute atomic E-state index is 13.1. The lowest BCUT2D eigenvalue weighted by molar-refractivity contribution is -0.151. The first-order valence-electron chi connectivity index (χ1n) is 22.9. The van der Waals surface area contributed by atoms with Crippen LogP contribution < -0.4 is 5.32 Å². The van der Waals surface area contributed by atoms with Crippen molar-refractivity contribution < 1.29 is 24.5 Å². The molecule has 0 spiro atoms. The number of carbonyl (C=O) groups excluding carboxylic acids is 2. The molecule has 0 aromatic rings. The first-order valence-corrected chi connectivity index (χ1v) is 22.9. The van der Waals surface area contributed by atoms with Crippen LogP contribution in [0.5, 0.6) is 0 Å². The number of hydrogen-bond acceptors (Lipinski definition) is 5. The number of aliphatic hydroxyl groups is 2. The van der Waals surface area contributed by atoms with E-state index in [0.29, 0.717) is 25.7 Å². The summed E-state index contributed by atoms with van der Waals surface area (Å²) in [6.45, 7) is 6.39. The zero-order valence-corrected chi connectivity index (χ0v) is 35.6. The van der Waals surface area contributed by atoms with Gasteiger partial charge in [-0.15, -0.1) is 0 Å². The van der Waals surface area contributed by atoms with Crippen LogP contribution in [0.1, 0.15) is 220 Å². The van der Waals surface area contributed by atoms with E-state index in [0.717, 1.165) is 64.2 Å². The standard InChI is InChI=1S/C48H87NO5/c1-4-7-10-13-16-19-21-22-23-24-25-26-27-29-32-35-38-41-48(53)54-44(39-36-33-30-18-15-12-9-6-3)42-47(52)49-45(43-50)46(51)40-37-34-31-28-20-17-14-11-8-5-2/h16,19,22-23,25-26,29,32,44-46,50-51H,4-15,17-18,20-21,24,27-28,30-31,33-43H2,1-3H3,(H,49,52)/b19-16-,23-22-,26-25-,32-29-. The fraction of sp³-hybridized carbons (Fsp3) is 0.792. The van der Waals surface area contributed by atoms with Gasteiger partial charge in [0.15, 0.2) is 0 Å². The van der Waals surface area contributed by atoms with E-state index >= 15 is 0 Å². The first kappa shape index (κ1) is 51.8. The second kappa shape index (κ2) is 42.0. The van der Waals surface area contributed by atoms with Gasteiger partial charge in [-0.1, -0.05) is 191 Å². The Balaban J connectivity index is 4.58. The average Bonchev–Trinajstić information content (AvgIpc) is 3.16. The van der Waals surface area contributed by atoms with Crippen molar-refractivity contribution in [1.82, 2.24) is 5.32 Å². The number of ether oxygens (including phenoxy) is 1. The van der Waals surface area contributed by atoms with E-state index in [1.807, 2.05) is 0 Å². The summed E-state index contributed by atoms with van der Waals surface area (Å²) >= 11 is 0. The molecule has 0 rings (SSSR count). The molecule has 0 heterocycles. The van der Waals surface area contributed by atoms with Gasteiger partial charge in [0, 0.05) is 6.42 Å². The number of allylic oxidation sites excluding steroid dienone is 8. The summed E-state index contributed by atoms with van der Waals surface area (Å²) in [5.41, 5.74) is 0. The molecule has 3 unspecified atom stereocenters. The molecule has 0 aromatic carbocycles. The fourth-order valence-electron chi connectivity index (χ4n) is 6.66. The van der Waals surface area contributed by atoms with E-state index < -0.39 is 18.2 Å². The molecule has 6 nitrogen and oxygen atoms in total. The lowest BCUT2D eigenvalue weighted by Crippen LogP contribution is -2.46. The maximum Gasteiger partial charge on any atom is 0.306 e. The molecule has 0 aliphatic heterocycles. The minimum absolute atomic E-state index is 0.0564. The lowest BCUT2D eigenvalue weighted by Gasteiger charge is -2.24. The number of aliphatic hydroxyl groups excluding tert-OH is 2.